The third-order valence-corrected chi connectivity index (χ3v) is 2.95. The summed E-state index contributed by atoms with van der Waals surface area (Å²) in [6.45, 7) is 0. The molecule has 1 heterocycles. The average Bonchev–Trinajstić information content (AvgIpc) is 2.82. The van der Waals surface area contributed by atoms with Gasteiger partial charge in [-0.15, -0.1) is 5.10 Å². The molecule has 1 aromatic heterocycles. The van der Waals surface area contributed by atoms with Crippen molar-refractivity contribution in [2.45, 2.75) is 18.7 Å². The first kappa shape index (κ1) is 13.0. The minimum Gasteiger partial charge on any atom is -0.386 e. The number of halogens is 3. The molecule has 96 valence electrons. The lowest BCUT2D eigenvalue weighted by atomic mass is 10.0. The summed E-state index contributed by atoms with van der Waals surface area (Å²) >= 11 is 1.11. The molecule has 1 aromatic carbocycles. The van der Waals surface area contributed by atoms with Crippen molar-refractivity contribution in [1.82, 2.24) is 9.59 Å². The van der Waals surface area contributed by atoms with Gasteiger partial charge in [0.1, 0.15) is 11.8 Å². The highest BCUT2D eigenvalue weighted by atomic mass is 32.1. The van der Waals surface area contributed by atoms with E-state index in [1.165, 1.54) is 12.1 Å². The van der Waals surface area contributed by atoms with Crippen molar-refractivity contribution in [2.75, 3.05) is 0 Å². The van der Waals surface area contributed by atoms with Crippen LogP contribution in [0.25, 0.3) is 0 Å². The Morgan fingerprint density at radius 3 is 2.39 bits per heavy atom. The molecule has 0 aliphatic rings. The van der Waals surface area contributed by atoms with Crippen LogP contribution < -0.4 is 0 Å². The predicted molar refractivity (Wildman–Crippen MR) is 60.0 cm³/mol. The molecule has 0 bridgehead atoms. The third kappa shape index (κ3) is 3.05. The molecule has 1 unspecified atom stereocenters. The van der Waals surface area contributed by atoms with Gasteiger partial charge >= 0.3 is 6.18 Å². The number of hydrogen-bond donors (Lipinski definition) is 1. The van der Waals surface area contributed by atoms with Crippen molar-refractivity contribution >= 4 is 11.5 Å². The highest BCUT2D eigenvalue weighted by Gasteiger charge is 2.30. The van der Waals surface area contributed by atoms with Gasteiger partial charge in [0.15, 0.2) is 0 Å². The lowest BCUT2D eigenvalue weighted by Gasteiger charge is -2.09. The van der Waals surface area contributed by atoms with E-state index in [0.717, 1.165) is 23.7 Å². The van der Waals surface area contributed by atoms with Crippen LogP contribution in [-0.4, -0.2) is 14.7 Å². The van der Waals surface area contributed by atoms with Gasteiger partial charge in [-0.05, 0) is 29.2 Å². The summed E-state index contributed by atoms with van der Waals surface area (Å²) in [4.78, 5) is 0. The van der Waals surface area contributed by atoms with Crippen LogP contribution >= 0.6 is 11.5 Å². The molecule has 0 amide bonds. The molecule has 18 heavy (non-hydrogen) atoms. The van der Waals surface area contributed by atoms with Crippen LogP contribution in [0.3, 0.4) is 0 Å². The fourth-order valence-corrected chi connectivity index (χ4v) is 1.98. The van der Waals surface area contributed by atoms with Gasteiger partial charge in [0.05, 0.1) is 5.56 Å². The molecule has 2 aromatic rings. The molecule has 7 heteroatoms. The van der Waals surface area contributed by atoms with Gasteiger partial charge in [0.2, 0.25) is 0 Å². The Morgan fingerprint density at radius 2 is 1.89 bits per heavy atom. The van der Waals surface area contributed by atoms with Crippen molar-refractivity contribution in [3.8, 4) is 0 Å². The van der Waals surface area contributed by atoms with Crippen molar-refractivity contribution in [2.24, 2.45) is 0 Å². The Hall–Kier alpha value is -1.47. The minimum absolute atomic E-state index is 0.212. The summed E-state index contributed by atoms with van der Waals surface area (Å²) in [5, 5.41) is 15.1. The zero-order valence-electron chi connectivity index (χ0n) is 9.05. The van der Waals surface area contributed by atoms with E-state index >= 15 is 0 Å². The van der Waals surface area contributed by atoms with Crippen LogP contribution in [0, 0.1) is 0 Å². The first-order valence-electron chi connectivity index (χ1n) is 5.08. The summed E-state index contributed by atoms with van der Waals surface area (Å²) < 4.78 is 40.6. The Morgan fingerprint density at radius 1 is 1.22 bits per heavy atom. The highest BCUT2D eigenvalue weighted by molar-refractivity contribution is 7.03. The summed E-state index contributed by atoms with van der Waals surface area (Å²) in [5.41, 5.74) is 0.347. The number of rotatable bonds is 3. The van der Waals surface area contributed by atoms with E-state index in [4.69, 9.17) is 0 Å². The molecule has 0 aliphatic carbocycles. The maximum Gasteiger partial charge on any atom is 0.416 e. The number of alkyl halides is 3. The van der Waals surface area contributed by atoms with Gasteiger partial charge in [0.25, 0.3) is 0 Å². The fourth-order valence-electron chi connectivity index (χ4n) is 1.47. The average molecular weight is 274 g/mol. The number of aliphatic hydroxyl groups excluding tert-OH is 1. The molecule has 0 fully saturated rings. The van der Waals surface area contributed by atoms with Gasteiger partial charge < -0.3 is 5.11 Å². The van der Waals surface area contributed by atoms with Gasteiger partial charge in [0, 0.05) is 11.8 Å². The van der Waals surface area contributed by atoms with Crippen molar-refractivity contribution in [3.05, 3.63) is 46.5 Å². The number of benzene rings is 1. The Balaban J connectivity index is 2.07. The molecule has 0 spiro atoms. The SMILES string of the molecule is OC(Cc1ccc(C(F)(F)F)cc1)c1csnn1. The molecule has 0 radical (unpaired) electrons. The van der Waals surface area contributed by atoms with E-state index in [1.54, 1.807) is 5.38 Å². The van der Waals surface area contributed by atoms with Crippen LogP contribution in [0.15, 0.2) is 29.6 Å². The summed E-state index contributed by atoms with van der Waals surface area (Å²) in [6.07, 6.45) is -4.97. The second-order valence-electron chi connectivity index (χ2n) is 3.74. The molecule has 0 saturated carbocycles. The molecule has 1 atom stereocenters. The van der Waals surface area contributed by atoms with Crippen LogP contribution in [0.1, 0.15) is 22.9 Å². The number of hydrogen-bond acceptors (Lipinski definition) is 4. The summed E-state index contributed by atoms with van der Waals surface area (Å²) in [6, 6.07) is 4.71. The Labute approximate surface area is 105 Å². The molecule has 0 saturated heterocycles. The molecule has 3 nitrogen and oxygen atoms in total. The van der Waals surface area contributed by atoms with Gasteiger partial charge in [-0.3, -0.25) is 0 Å². The highest BCUT2D eigenvalue weighted by Crippen LogP contribution is 2.29. The number of aromatic nitrogens is 2. The Bertz CT molecular complexity index is 496. The lowest BCUT2D eigenvalue weighted by molar-refractivity contribution is -0.137. The maximum atomic E-state index is 12.3. The molecular formula is C11H9F3N2OS. The van der Waals surface area contributed by atoms with Gasteiger partial charge in [-0.25, -0.2) is 0 Å². The van der Waals surface area contributed by atoms with Crippen LogP contribution in [-0.2, 0) is 12.6 Å². The van der Waals surface area contributed by atoms with Gasteiger partial charge in [-0.2, -0.15) is 13.2 Å². The fraction of sp³-hybridized carbons (Fsp3) is 0.273. The zero-order chi connectivity index (χ0) is 13.2. The first-order valence-corrected chi connectivity index (χ1v) is 5.91. The molecule has 2 rings (SSSR count). The van der Waals surface area contributed by atoms with Crippen molar-refractivity contribution in [1.29, 1.82) is 0 Å². The van der Waals surface area contributed by atoms with Crippen LogP contribution in [0.2, 0.25) is 0 Å². The molecule has 1 N–H and O–H groups in total. The van der Waals surface area contributed by atoms with E-state index in [-0.39, 0.29) is 6.42 Å². The quantitative estimate of drug-likeness (QED) is 0.936. The maximum absolute atomic E-state index is 12.3. The van der Waals surface area contributed by atoms with Gasteiger partial charge in [-0.1, -0.05) is 16.6 Å². The van der Waals surface area contributed by atoms with Crippen molar-refractivity contribution in [3.63, 3.8) is 0 Å². The monoisotopic (exact) mass is 274 g/mol. The standard InChI is InChI=1S/C11H9F3N2OS/c12-11(13,14)8-3-1-7(2-4-8)5-10(17)9-6-18-16-15-9/h1-4,6,10,17H,5H2. The van der Waals surface area contributed by atoms with E-state index in [1.807, 2.05) is 0 Å². The normalized spacial score (nSPS) is 13.6. The van der Waals surface area contributed by atoms with E-state index in [9.17, 15) is 18.3 Å². The molecule has 0 aliphatic heterocycles. The van der Waals surface area contributed by atoms with E-state index < -0.39 is 17.8 Å². The van der Waals surface area contributed by atoms with Crippen molar-refractivity contribution < 1.29 is 18.3 Å². The topological polar surface area (TPSA) is 46.0 Å². The minimum atomic E-state index is -4.34. The van der Waals surface area contributed by atoms with E-state index in [0.29, 0.717) is 11.3 Å². The number of aliphatic hydroxyl groups is 1. The van der Waals surface area contributed by atoms with Crippen LogP contribution in [0.5, 0.6) is 0 Å². The lowest BCUT2D eigenvalue weighted by Crippen LogP contribution is -2.06. The second-order valence-corrected chi connectivity index (χ2v) is 4.35. The summed E-state index contributed by atoms with van der Waals surface area (Å²) in [5.74, 6) is 0. The smallest absolute Gasteiger partial charge is 0.386 e. The largest absolute Gasteiger partial charge is 0.416 e. The van der Waals surface area contributed by atoms with Crippen LogP contribution in [0.4, 0.5) is 13.2 Å². The first-order chi connectivity index (χ1) is 8.47. The Kier molecular flexibility index (Phi) is 3.63. The summed E-state index contributed by atoms with van der Waals surface area (Å²) in [7, 11) is 0. The zero-order valence-corrected chi connectivity index (χ0v) is 9.87. The second kappa shape index (κ2) is 5.03. The van der Waals surface area contributed by atoms with E-state index in [2.05, 4.69) is 9.59 Å². The predicted octanol–water partition coefficient (Wildman–Crippen LogP) is 2.83. The molecular weight excluding hydrogens is 265 g/mol. The third-order valence-electron chi connectivity index (χ3n) is 2.43. The number of nitrogens with zero attached hydrogens (tertiary/aromatic N) is 2.